The van der Waals surface area contributed by atoms with Gasteiger partial charge < -0.3 is 9.47 Å². The number of ether oxygens (including phenoxy) is 2. The Balaban J connectivity index is 0.000000336. The summed E-state index contributed by atoms with van der Waals surface area (Å²) >= 11 is 0. The van der Waals surface area contributed by atoms with Crippen LogP contribution in [0.15, 0.2) is 48.5 Å². The van der Waals surface area contributed by atoms with Gasteiger partial charge in [0.1, 0.15) is 23.8 Å². The van der Waals surface area contributed by atoms with E-state index in [-0.39, 0.29) is 24.6 Å². The average Bonchev–Trinajstić information content (AvgIpc) is 2.88. The van der Waals surface area contributed by atoms with Gasteiger partial charge in [0.05, 0.1) is 25.7 Å². The molecule has 0 radical (unpaired) electrons. The molecule has 0 aliphatic carbocycles. The number of likely N-dealkylation sites (tertiary alicyclic amines) is 2. The van der Waals surface area contributed by atoms with Crippen LogP contribution < -0.4 is 14.6 Å². The fourth-order valence-electron chi connectivity index (χ4n) is 4.13. The molecule has 40 heavy (non-hydrogen) atoms. The quantitative estimate of drug-likeness (QED) is 0.366. The lowest BCUT2D eigenvalue weighted by Crippen LogP contribution is -2.50. The summed E-state index contributed by atoms with van der Waals surface area (Å²) in [7, 11) is -3.73. The SMILES string of the molecule is COc1ccc(CN(Cc2ccc(OC)cc2)S(=O)(=O)CCN2CC(F)C2)cc1.NS(=O)(=O)CCN1CC(F)C1. The van der Waals surface area contributed by atoms with E-state index in [0.717, 1.165) is 22.6 Å². The summed E-state index contributed by atoms with van der Waals surface area (Å²) in [6, 6.07) is 14.7. The van der Waals surface area contributed by atoms with Crippen molar-refractivity contribution in [3.05, 3.63) is 59.7 Å². The summed E-state index contributed by atoms with van der Waals surface area (Å²) in [6.07, 6.45) is -1.62. The summed E-state index contributed by atoms with van der Waals surface area (Å²) in [5.74, 6) is 1.32. The van der Waals surface area contributed by atoms with Crippen LogP contribution in [0.3, 0.4) is 0 Å². The Bertz CT molecular complexity index is 1220. The van der Waals surface area contributed by atoms with Crippen molar-refractivity contribution in [1.29, 1.82) is 0 Å². The molecule has 0 amide bonds. The Kier molecular flexibility index (Phi) is 11.7. The molecule has 0 atom stereocenters. The minimum atomic E-state index is -3.53. The molecule has 2 aliphatic rings. The number of primary sulfonamides is 1. The molecular formula is C26H38F2N4O6S2. The second-order valence-corrected chi connectivity index (χ2v) is 13.7. The Labute approximate surface area is 235 Å². The first kappa shape index (κ1) is 32.2. The normalized spacial score (nSPS) is 17.1. The van der Waals surface area contributed by atoms with Crippen LogP contribution in [-0.2, 0) is 33.1 Å². The van der Waals surface area contributed by atoms with Gasteiger partial charge in [0, 0.05) is 52.4 Å². The maximum Gasteiger partial charge on any atom is 0.215 e. The molecule has 2 fully saturated rings. The highest BCUT2D eigenvalue weighted by molar-refractivity contribution is 7.89. The molecule has 0 aromatic heterocycles. The molecule has 4 rings (SSSR count). The maximum atomic E-state index is 13.1. The number of hydrogen-bond acceptors (Lipinski definition) is 8. The van der Waals surface area contributed by atoms with Gasteiger partial charge in [-0.25, -0.2) is 30.8 Å². The number of alkyl halides is 2. The summed E-state index contributed by atoms with van der Waals surface area (Å²) in [5, 5.41) is 4.75. The molecule has 224 valence electrons. The third kappa shape index (κ3) is 10.6. The van der Waals surface area contributed by atoms with Crippen molar-refractivity contribution < 1.29 is 35.1 Å². The number of hydrogen-bond donors (Lipinski definition) is 1. The zero-order valence-electron chi connectivity index (χ0n) is 22.8. The second kappa shape index (κ2) is 14.5. The standard InChI is InChI=1S/C21H27FN2O4S.C5H11FN2O2S/c1-27-20-7-3-17(4-8-20)13-24(14-18-5-9-21(28-2)10-6-18)29(25,26)12-11-23-15-19(22)16-23;6-5-3-8(4-5)1-2-11(7,9)10/h3-10,19H,11-16H2,1-2H3;5H,1-4H2,(H2,7,9,10). The Morgan fingerprint density at radius 2 is 1.12 bits per heavy atom. The molecule has 0 bridgehead atoms. The van der Waals surface area contributed by atoms with Crippen LogP contribution >= 0.6 is 0 Å². The topological polar surface area (TPSA) is 122 Å². The van der Waals surface area contributed by atoms with Gasteiger partial charge in [-0.05, 0) is 35.4 Å². The van der Waals surface area contributed by atoms with E-state index in [0.29, 0.717) is 39.3 Å². The molecule has 2 saturated heterocycles. The van der Waals surface area contributed by atoms with Gasteiger partial charge in [-0.2, -0.15) is 4.31 Å². The molecule has 0 spiro atoms. The van der Waals surface area contributed by atoms with Gasteiger partial charge in [-0.1, -0.05) is 24.3 Å². The van der Waals surface area contributed by atoms with E-state index in [1.165, 1.54) is 4.31 Å². The molecule has 2 N–H and O–H groups in total. The van der Waals surface area contributed by atoms with Crippen molar-refractivity contribution in [3.63, 3.8) is 0 Å². The highest BCUT2D eigenvalue weighted by atomic mass is 32.2. The van der Waals surface area contributed by atoms with E-state index in [4.69, 9.17) is 14.6 Å². The smallest absolute Gasteiger partial charge is 0.215 e. The third-order valence-corrected chi connectivity index (χ3v) is 9.11. The second-order valence-electron chi connectivity index (χ2n) is 9.86. The van der Waals surface area contributed by atoms with Crippen molar-refractivity contribution in [1.82, 2.24) is 14.1 Å². The number of sulfonamides is 2. The van der Waals surface area contributed by atoms with E-state index < -0.39 is 32.4 Å². The number of nitrogens with two attached hydrogens (primary N) is 1. The van der Waals surface area contributed by atoms with E-state index in [1.807, 2.05) is 53.4 Å². The summed E-state index contributed by atoms with van der Waals surface area (Å²) in [4.78, 5) is 3.54. The summed E-state index contributed by atoms with van der Waals surface area (Å²) < 4.78 is 84.0. The number of benzene rings is 2. The fourth-order valence-corrected chi connectivity index (χ4v) is 6.08. The Morgan fingerprint density at radius 3 is 1.45 bits per heavy atom. The van der Waals surface area contributed by atoms with Crippen molar-refractivity contribution in [2.24, 2.45) is 5.14 Å². The number of rotatable bonds is 13. The Hall–Kier alpha value is -2.36. The van der Waals surface area contributed by atoms with Gasteiger partial charge in [0.25, 0.3) is 0 Å². The van der Waals surface area contributed by atoms with Crippen LogP contribution in [0, 0.1) is 0 Å². The number of nitrogens with zero attached hydrogens (tertiary/aromatic N) is 3. The van der Waals surface area contributed by atoms with Crippen LogP contribution in [0.5, 0.6) is 11.5 Å². The van der Waals surface area contributed by atoms with Gasteiger partial charge >= 0.3 is 0 Å². The largest absolute Gasteiger partial charge is 0.497 e. The number of methoxy groups -OCH3 is 2. The van der Waals surface area contributed by atoms with Gasteiger partial charge in [0.2, 0.25) is 20.0 Å². The van der Waals surface area contributed by atoms with Crippen molar-refractivity contribution in [2.45, 2.75) is 25.4 Å². The average molecular weight is 605 g/mol. The lowest BCUT2D eigenvalue weighted by molar-refractivity contribution is 0.0715. The van der Waals surface area contributed by atoms with Crippen LogP contribution in [0.1, 0.15) is 11.1 Å². The first-order chi connectivity index (χ1) is 18.9. The van der Waals surface area contributed by atoms with Gasteiger partial charge in [0.15, 0.2) is 0 Å². The van der Waals surface area contributed by atoms with Crippen LogP contribution in [0.4, 0.5) is 8.78 Å². The number of halogens is 2. The first-order valence-corrected chi connectivity index (χ1v) is 16.2. The molecule has 2 aromatic rings. The first-order valence-electron chi connectivity index (χ1n) is 12.8. The van der Waals surface area contributed by atoms with Gasteiger partial charge in [-0.3, -0.25) is 9.80 Å². The molecule has 2 aliphatic heterocycles. The van der Waals surface area contributed by atoms with Crippen molar-refractivity contribution >= 4 is 20.0 Å². The molecule has 0 saturated carbocycles. The van der Waals surface area contributed by atoms with Crippen molar-refractivity contribution in [2.75, 3.05) is 65.0 Å². The predicted molar refractivity (Wildman–Crippen MR) is 150 cm³/mol. The highest BCUT2D eigenvalue weighted by Crippen LogP contribution is 2.20. The molecular weight excluding hydrogens is 566 g/mol. The van der Waals surface area contributed by atoms with E-state index in [2.05, 4.69) is 0 Å². The minimum absolute atomic E-state index is 0.0357. The lowest BCUT2D eigenvalue weighted by atomic mass is 10.2. The van der Waals surface area contributed by atoms with Gasteiger partial charge in [-0.15, -0.1) is 0 Å². The predicted octanol–water partition coefficient (Wildman–Crippen LogP) is 1.62. The summed E-state index contributed by atoms with van der Waals surface area (Å²) in [5.41, 5.74) is 1.74. The molecule has 0 unspecified atom stereocenters. The van der Waals surface area contributed by atoms with Crippen LogP contribution in [0.25, 0.3) is 0 Å². The zero-order chi connectivity index (χ0) is 29.3. The highest BCUT2D eigenvalue weighted by Gasteiger charge is 2.29. The molecule has 2 heterocycles. The lowest BCUT2D eigenvalue weighted by Gasteiger charge is -2.34. The summed E-state index contributed by atoms with van der Waals surface area (Å²) in [6.45, 7) is 2.50. The van der Waals surface area contributed by atoms with Crippen LogP contribution in [0.2, 0.25) is 0 Å². The zero-order valence-corrected chi connectivity index (χ0v) is 24.4. The molecule has 2 aromatic carbocycles. The van der Waals surface area contributed by atoms with Crippen LogP contribution in [-0.4, -0.2) is 108 Å². The maximum absolute atomic E-state index is 13.1. The van der Waals surface area contributed by atoms with Crippen molar-refractivity contribution in [3.8, 4) is 11.5 Å². The minimum Gasteiger partial charge on any atom is -0.497 e. The van der Waals surface area contributed by atoms with E-state index >= 15 is 0 Å². The fraction of sp³-hybridized carbons (Fsp3) is 0.538. The third-order valence-electron chi connectivity index (χ3n) is 6.61. The monoisotopic (exact) mass is 604 g/mol. The Morgan fingerprint density at radius 1 is 0.750 bits per heavy atom. The van der Waals surface area contributed by atoms with E-state index in [1.54, 1.807) is 19.1 Å². The molecule has 14 heteroatoms. The molecule has 10 nitrogen and oxygen atoms in total. The van der Waals surface area contributed by atoms with E-state index in [9.17, 15) is 25.6 Å².